The van der Waals surface area contributed by atoms with Crippen molar-refractivity contribution in [2.75, 3.05) is 26.3 Å². The quantitative estimate of drug-likeness (QED) is 0.904. The number of pyridine rings is 1. The monoisotopic (exact) mass is 341 g/mol. The van der Waals surface area contributed by atoms with E-state index in [0.29, 0.717) is 24.6 Å². The number of aromatic nitrogens is 3. The number of ether oxygens (including phenoxy) is 1. The summed E-state index contributed by atoms with van der Waals surface area (Å²) in [4.78, 5) is 19.5. The van der Waals surface area contributed by atoms with Crippen molar-refractivity contribution in [2.24, 2.45) is 0 Å². The normalized spacial score (nSPS) is 23.9. The Kier molecular flexibility index (Phi) is 4.50. The number of carbonyl (C=O) groups excluding carboxylic acids is 1. The molecule has 25 heavy (non-hydrogen) atoms. The molecule has 4 heterocycles. The van der Waals surface area contributed by atoms with Crippen molar-refractivity contribution in [3.05, 3.63) is 41.9 Å². The minimum atomic E-state index is -0.0978. The van der Waals surface area contributed by atoms with Gasteiger partial charge >= 0.3 is 0 Å². The molecule has 0 spiro atoms. The first-order valence-corrected chi connectivity index (χ1v) is 8.83. The van der Waals surface area contributed by atoms with E-state index in [9.17, 15) is 4.79 Å². The second kappa shape index (κ2) is 6.93. The maximum absolute atomic E-state index is 12.8. The lowest BCUT2D eigenvalue weighted by molar-refractivity contribution is 0.0916. The summed E-state index contributed by atoms with van der Waals surface area (Å²) in [6.45, 7) is 5.34. The molecule has 132 valence electrons. The van der Waals surface area contributed by atoms with E-state index in [0.717, 1.165) is 18.8 Å². The number of nitrogens with one attached hydrogen (secondary N) is 1. The summed E-state index contributed by atoms with van der Waals surface area (Å²) in [7, 11) is 0. The molecule has 0 saturated carbocycles. The molecule has 0 bridgehead atoms. The lowest BCUT2D eigenvalue weighted by Gasteiger charge is -2.27. The van der Waals surface area contributed by atoms with Crippen LogP contribution in [0, 0.1) is 6.92 Å². The third kappa shape index (κ3) is 3.17. The second-order valence-electron chi connectivity index (χ2n) is 6.67. The van der Waals surface area contributed by atoms with Crippen LogP contribution in [0.2, 0.25) is 0 Å². The van der Waals surface area contributed by atoms with Crippen molar-refractivity contribution in [3.8, 4) is 5.82 Å². The third-order valence-electron chi connectivity index (χ3n) is 5.10. The minimum absolute atomic E-state index is 0.0307. The molecule has 7 nitrogen and oxygen atoms in total. The van der Waals surface area contributed by atoms with Crippen molar-refractivity contribution >= 4 is 5.91 Å². The number of rotatable bonds is 4. The fraction of sp³-hybridized carbons (Fsp3) is 0.500. The van der Waals surface area contributed by atoms with Crippen molar-refractivity contribution in [2.45, 2.75) is 31.8 Å². The van der Waals surface area contributed by atoms with E-state index in [1.54, 1.807) is 17.1 Å². The Labute approximate surface area is 147 Å². The molecule has 0 radical (unpaired) electrons. The largest absolute Gasteiger partial charge is 0.378 e. The predicted octanol–water partition coefficient (Wildman–Crippen LogP) is 1.17. The average molecular weight is 341 g/mol. The number of hydrogen-bond acceptors (Lipinski definition) is 5. The van der Waals surface area contributed by atoms with Gasteiger partial charge in [-0.1, -0.05) is 6.07 Å². The smallest absolute Gasteiger partial charge is 0.255 e. The van der Waals surface area contributed by atoms with Gasteiger partial charge in [0.05, 0.1) is 42.8 Å². The Morgan fingerprint density at radius 3 is 2.88 bits per heavy atom. The van der Waals surface area contributed by atoms with Gasteiger partial charge in [0.2, 0.25) is 0 Å². The van der Waals surface area contributed by atoms with Gasteiger partial charge in [-0.3, -0.25) is 9.69 Å². The summed E-state index contributed by atoms with van der Waals surface area (Å²) >= 11 is 0. The molecule has 1 amide bonds. The minimum Gasteiger partial charge on any atom is -0.378 e. The standard InChI is InChI=1S/C18H23N5O2/c1-13-14(10-20-23(13)17-6-2-3-7-19-17)18(24)21-15-11-25-12-16(15)22-8-4-5-9-22/h2-3,6-7,10,15-16H,4-5,8-9,11-12H2,1H3,(H,21,24)/t15-,16-/m0/s1. The maximum Gasteiger partial charge on any atom is 0.255 e. The molecule has 1 N–H and O–H groups in total. The lowest BCUT2D eigenvalue weighted by atomic mass is 10.1. The molecule has 2 aliphatic heterocycles. The van der Waals surface area contributed by atoms with E-state index in [2.05, 4.69) is 20.3 Å². The van der Waals surface area contributed by atoms with Gasteiger partial charge in [0.25, 0.3) is 5.91 Å². The number of hydrogen-bond donors (Lipinski definition) is 1. The first kappa shape index (κ1) is 16.2. The van der Waals surface area contributed by atoms with Gasteiger partial charge in [-0.2, -0.15) is 5.10 Å². The van der Waals surface area contributed by atoms with Gasteiger partial charge in [0, 0.05) is 6.20 Å². The van der Waals surface area contributed by atoms with Crippen molar-refractivity contribution in [3.63, 3.8) is 0 Å². The Balaban J connectivity index is 1.49. The first-order valence-electron chi connectivity index (χ1n) is 8.83. The SMILES string of the molecule is Cc1c(C(=O)N[C@H]2COC[C@@H]2N2CCCC2)cnn1-c1ccccn1. The Bertz CT molecular complexity index is 739. The van der Waals surface area contributed by atoms with Gasteiger partial charge in [-0.15, -0.1) is 0 Å². The van der Waals surface area contributed by atoms with Crippen LogP contribution in [0.4, 0.5) is 0 Å². The zero-order valence-corrected chi connectivity index (χ0v) is 14.4. The fourth-order valence-corrected chi connectivity index (χ4v) is 3.70. The topological polar surface area (TPSA) is 72.3 Å². The van der Waals surface area contributed by atoms with Crippen molar-refractivity contribution in [1.29, 1.82) is 0 Å². The molecule has 4 rings (SSSR count). The van der Waals surface area contributed by atoms with Gasteiger partial charge in [-0.25, -0.2) is 9.67 Å². The van der Waals surface area contributed by atoms with Crippen LogP contribution in [0.15, 0.2) is 30.6 Å². The first-order chi connectivity index (χ1) is 12.2. The predicted molar refractivity (Wildman–Crippen MR) is 92.8 cm³/mol. The fourth-order valence-electron chi connectivity index (χ4n) is 3.70. The van der Waals surface area contributed by atoms with Gasteiger partial charge in [0.1, 0.15) is 0 Å². The molecule has 0 aliphatic carbocycles. The van der Waals surface area contributed by atoms with E-state index in [-0.39, 0.29) is 18.0 Å². The maximum atomic E-state index is 12.8. The molecule has 7 heteroatoms. The molecule has 2 aromatic heterocycles. The van der Waals surface area contributed by atoms with Crippen LogP contribution < -0.4 is 5.32 Å². The van der Waals surface area contributed by atoms with Crippen LogP contribution in [0.3, 0.4) is 0 Å². The highest BCUT2D eigenvalue weighted by Gasteiger charge is 2.35. The molecular weight excluding hydrogens is 318 g/mol. The van der Waals surface area contributed by atoms with E-state index in [4.69, 9.17) is 4.74 Å². The summed E-state index contributed by atoms with van der Waals surface area (Å²) < 4.78 is 7.33. The Morgan fingerprint density at radius 1 is 1.28 bits per heavy atom. The second-order valence-corrected chi connectivity index (χ2v) is 6.67. The Hall–Kier alpha value is -2.25. The molecular formula is C18H23N5O2. The van der Waals surface area contributed by atoms with Gasteiger partial charge in [0.15, 0.2) is 5.82 Å². The lowest BCUT2D eigenvalue weighted by Crippen LogP contribution is -2.50. The number of nitrogens with zero attached hydrogens (tertiary/aromatic N) is 4. The van der Waals surface area contributed by atoms with Crippen molar-refractivity contribution < 1.29 is 9.53 Å². The Morgan fingerprint density at radius 2 is 2.12 bits per heavy atom. The zero-order valence-electron chi connectivity index (χ0n) is 14.4. The molecule has 2 fully saturated rings. The van der Waals surface area contributed by atoms with Crippen molar-refractivity contribution in [1.82, 2.24) is 25.0 Å². The summed E-state index contributed by atoms with van der Waals surface area (Å²) in [6.07, 6.45) is 5.78. The third-order valence-corrected chi connectivity index (χ3v) is 5.10. The highest BCUT2D eigenvalue weighted by molar-refractivity contribution is 5.95. The van der Waals surface area contributed by atoms with Crippen LogP contribution in [0.1, 0.15) is 28.9 Å². The van der Waals surface area contributed by atoms with E-state index in [1.807, 2.05) is 25.1 Å². The van der Waals surface area contributed by atoms with Gasteiger partial charge in [-0.05, 0) is 45.0 Å². The van der Waals surface area contributed by atoms with Gasteiger partial charge < -0.3 is 10.1 Å². The van der Waals surface area contributed by atoms with Crippen LogP contribution in [-0.2, 0) is 4.74 Å². The molecule has 0 aromatic carbocycles. The van der Waals surface area contributed by atoms with Crippen LogP contribution in [0.5, 0.6) is 0 Å². The molecule has 0 unspecified atom stereocenters. The zero-order chi connectivity index (χ0) is 17.2. The summed E-state index contributed by atoms with van der Waals surface area (Å²) in [5.41, 5.74) is 1.37. The summed E-state index contributed by atoms with van der Waals surface area (Å²) in [5.74, 6) is 0.609. The number of amides is 1. The molecule has 2 aliphatic rings. The highest BCUT2D eigenvalue weighted by Crippen LogP contribution is 2.20. The van der Waals surface area contributed by atoms with Crippen LogP contribution in [0.25, 0.3) is 5.82 Å². The van der Waals surface area contributed by atoms with Crippen LogP contribution >= 0.6 is 0 Å². The van der Waals surface area contributed by atoms with E-state index >= 15 is 0 Å². The molecule has 2 atom stereocenters. The summed E-state index contributed by atoms with van der Waals surface area (Å²) in [5, 5.41) is 7.48. The number of carbonyl (C=O) groups is 1. The molecule has 2 aromatic rings. The van der Waals surface area contributed by atoms with Crippen LogP contribution in [-0.4, -0.2) is 64.0 Å². The highest BCUT2D eigenvalue weighted by atomic mass is 16.5. The van der Waals surface area contributed by atoms with E-state index < -0.39 is 0 Å². The summed E-state index contributed by atoms with van der Waals surface area (Å²) in [6, 6.07) is 5.94. The van der Waals surface area contributed by atoms with E-state index in [1.165, 1.54) is 12.8 Å². The number of likely N-dealkylation sites (tertiary alicyclic amines) is 1. The molecule has 2 saturated heterocycles. The average Bonchev–Trinajstić information content (AvgIpc) is 3.35.